The summed E-state index contributed by atoms with van der Waals surface area (Å²) in [6, 6.07) is 15.2. The molecule has 1 aromatic heterocycles. The van der Waals surface area contributed by atoms with Crippen molar-refractivity contribution in [2.75, 3.05) is 13.2 Å². The van der Waals surface area contributed by atoms with Crippen LogP contribution in [-0.4, -0.2) is 46.9 Å². The summed E-state index contributed by atoms with van der Waals surface area (Å²) < 4.78 is 16.9. The minimum atomic E-state index is -0.600. The SMILES string of the molecule is O=C(OCc1ccccc1Oc1cccnc1)c1ccc2c(c1)C(=O)N(CC1CCCO1)C2=O. The second-order valence-electron chi connectivity index (χ2n) is 8.09. The highest BCUT2D eigenvalue weighted by Crippen LogP contribution is 2.28. The summed E-state index contributed by atoms with van der Waals surface area (Å²) in [6.45, 7) is 0.838. The van der Waals surface area contributed by atoms with Gasteiger partial charge in [-0.15, -0.1) is 0 Å². The van der Waals surface area contributed by atoms with Gasteiger partial charge in [0.1, 0.15) is 18.1 Å². The van der Waals surface area contributed by atoms with Crippen molar-refractivity contribution in [3.05, 3.63) is 89.2 Å². The van der Waals surface area contributed by atoms with Crippen LogP contribution in [0.4, 0.5) is 0 Å². The molecule has 2 aliphatic rings. The molecule has 1 fully saturated rings. The molecule has 0 radical (unpaired) electrons. The second-order valence-corrected chi connectivity index (χ2v) is 8.09. The van der Waals surface area contributed by atoms with Crippen LogP contribution in [0.15, 0.2) is 67.0 Å². The van der Waals surface area contributed by atoms with Gasteiger partial charge in [-0.3, -0.25) is 19.5 Å². The van der Waals surface area contributed by atoms with Crippen molar-refractivity contribution in [3.8, 4) is 11.5 Å². The number of fused-ring (bicyclic) bond motifs is 1. The lowest BCUT2D eigenvalue weighted by molar-refractivity contribution is 0.0467. The van der Waals surface area contributed by atoms with E-state index >= 15 is 0 Å². The van der Waals surface area contributed by atoms with Gasteiger partial charge in [0.05, 0.1) is 35.5 Å². The van der Waals surface area contributed by atoms with Crippen LogP contribution in [-0.2, 0) is 16.1 Å². The van der Waals surface area contributed by atoms with E-state index in [1.54, 1.807) is 36.7 Å². The fourth-order valence-electron chi connectivity index (χ4n) is 4.06. The summed E-state index contributed by atoms with van der Waals surface area (Å²) in [7, 11) is 0. The van der Waals surface area contributed by atoms with Crippen LogP contribution >= 0.6 is 0 Å². The van der Waals surface area contributed by atoms with Crippen LogP contribution in [0.1, 0.15) is 49.5 Å². The number of carbonyl (C=O) groups is 3. The molecule has 3 aromatic rings. The summed E-state index contributed by atoms with van der Waals surface area (Å²) in [5, 5.41) is 0. The van der Waals surface area contributed by atoms with Gasteiger partial charge in [-0.25, -0.2) is 4.79 Å². The maximum Gasteiger partial charge on any atom is 0.338 e. The number of pyridine rings is 1. The number of ether oxygens (including phenoxy) is 3. The van der Waals surface area contributed by atoms with E-state index < -0.39 is 11.9 Å². The summed E-state index contributed by atoms with van der Waals surface area (Å²) in [6.07, 6.45) is 4.84. The quantitative estimate of drug-likeness (QED) is 0.390. The Bertz CT molecular complexity index is 1240. The van der Waals surface area contributed by atoms with Crippen LogP contribution in [0.3, 0.4) is 0 Å². The van der Waals surface area contributed by atoms with Crippen LogP contribution in [0.5, 0.6) is 11.5 Å². The monoisotopic (exact) mass is 458 g/mol. The Morgan fingerprint density at radius 3 is 2.71 bits per heavy atom. The van der Waals surface area contributed by atoms with Crippen LogP contribution in [0.25, 0.3) is 0 Å². The van der Waals surface area contributed by atoms with Crippen molar-refractivity contribution >= 4 is 17.8 Å². The topological polar surface area (TPSA) is 95.0 Å². The van der Waals surface area contributed by atoms with Gasteiger partial charge in [-0.1, -0.05) is 18.2 Å². The van der Waals surface area contributed by atoms with Crippen LogP contribution in [0.2, 0.25) is 0 Å². The number of rotatable bonds is 7. The molecular weight excluding hydrogens is 436 g/mol. The van der Waals surface area contributed by atoms with Crippen molar-refractivity contribution in [3.63, 3.8) is 0 Å². The highest BCUT2D eigenvalue weighted by atomic mass is 16.5. The summed E-state index contributed by atoms with van der Waals surface area (Å²) >= 11 is 0. The normalized spacial score (nSPS) is 17.1. The molecule has 5 rings (SSSR count). The van der Waals surface area contributed by atoms with Gasteiger partial charge in [0, 0.05) is 18.4 Å². The van der Waals surface area contributed by atoms with Crippen molar-refractivity contribution in [1.29, 1.82) is 0 Å². The maximum atomic E-state index is 12.8. The maximum absolute atomic E-state index is 12.8. The molecule has 0 saturated carbocycles. The predicted molar refractivity (Wildman–Crippen MR) is 121 cm³/mol. The lowest BCUT2D eigenvalue weighted by Gasteiger charge is -2.17. The zero-order chi connectivity index (χ0) is 23.5. The molecule has 0 spiro atoms. The molecule has 2 amide bonds. The van der Waals surface area contributed by atoms with Gasteiger partial charge in [-0.05, 0) is 49.2 Å². The molecule has 1 saturated heterocycles. The highest BCUT2D eigenvalue weighted by molar-refractivity contribution is 6.22. The van der Waals surface area contributed by atoms with E-state index in [2.05, 4.69) is 4.98 Å². The number of esters is 1. The molecule has 0 N–H and O–H groups in total. The number of amides is 2. The van der Waals surface area contributed by atoms with Crippen molar-refractivity contribution in [1.82, 2.24) is 9.88 Å². The van der Waals surface area contributed by atoms with E-state index in [0.717, 1.165) is 12.8 Å². The Hall–Kier alpha value is -4.04. The average molecular weight is 458 g/mol. The second kappa shape index (κ2) is 9.44. The number of para-hydroxylation sites is 1. The predicted octanol–water partition coefficient (Wildman–Crippen LogP) is 4.01. The van der Waals surface area contributed by atoms with Gasteiger partial charge < -0.3 is 14.2 Å². The molecule has 34 heavy (non-hydrogen) atoms. The largest absolute Gasteiger partial charge is 0.457 e. The van der Waals surface area contributed by atoms with Gasteiger partial charge in [0.15, 0.2) is 0 Å². The summed E-state index contributed by atoms with van der Waals surface area (Å²) in [5.74, 6) is -0.271. The first-order valence-corrected chi connectivity index (χ1v) is 11.0. The molecule has 8 heteroatoms. The van der Waals surface area contributed by atoms with Gasteiger partial charge in [0.25, 0.3) is 11.8 Å². The third-order valence-electron chi connectivity index (χ3n) is 5.81. The fourth-order valence-corrected chi connectivity index (χ4v) is 4.06. The first-order valence-electron chi connectivity index (χ1n) is 11.0. The molecule has 1 unspecified atom stereocenters. The molecule has 0 bridgehead atoms. The minimum Gasteiger partial charge on any atom is -0.457 e. The summed E-state index contributed by atoms with van der Waals surface area (Å²) in [4.78, 5) is 43.5. The van der Waals surface area contributed by atoms with E-state index in [4.69, 9.17) is 14.2 Å². The first kappa shape index (κ1) is 21.8. The smallest absolute Gasteiger partial charge is 0.338 e. The number of hydrogen-bond donors (Lipinski definition) is 0. The average Bonchev–Trinajstić information content (AvgIpc) is 3.47. The number of imide groups is 1. The van der Waals surface area contributed by atoms with E-state index in [-0.39, 0.29) is 41.9 Å². The van der Waals surface area contributed by atoms with Gasteiger partial charge >= 0.3 is 5.97 Å². The van der Waals surface area contributed by atoms with Crippen molar-refractivity contribution < 1.29 is 28.6 Å². The Morgan fingerprint density at radius 1 is 1.06 bits per heavy atom. The minimum absolute atomic E-state index is 0.0234. The molecule has 3 heterocycles. The van der Waals surface area contributed by atoms with Crippen LogP contribution in [0, 0.1) is 0 Å². The summed E-state index contributed by atoms with van der Waals surface area (Å²) in [5.41, 5.74) is 1.37. The Kier molecular flexibility index (Phi) is 6.05. The molecule has 172 valence electrons. The third-order valence-corrected chi connectivity index (χ3v) is 5.81. The molecule has 0 aliphatic carbocycles. The lowest BCUT2D eigenvalue weighted by atomic mass is 10.1. The fraction of sp³-hybridized carbons (Fsp3) is 0.231. The Balaban J connectivity index is 1.27. The van der Waals surface area contributed by atoms with E-state index in [1.165, 1.54) is 23.1 Å². The standard InChI is InChI=1S/C26H22N2O6/c29-24-21-10-9-17(13-22(21)25(30)28(24)15-20-7-4-12-32-20)26(31)33-16-18-5-1-2-8-23(18)34-19-6-3-11-27-14-19/h1-3,5-6,8-11,13-14,20H,4,7,12,15-16H2. The number of nitrogens with zero attached hydrogens (tertiary/aromatic N) is 2. The van der Waals surface area contributed by atoms with Gasteiger partial charge in [0.2, 0.25) is 0 Å². The van der Waals surface area contributed by atoms with Crippen LogP contribution < -0.4 is 4.74 Å². The first-order chi connectivity index (χ1) is 16.6. The molecular formula is C26H22N2O6. The van der Waals surface area contributed by atoms with Crippen molar-refractivity contribution in [2.24, 2.45) is 0 Å². The highest BCUT2D eigenvalue weighted by Gasteiger charge is 2.38. The lowest BCUT2D eigenvalue weighted by Crippen LogP contribution is -2.36. The molecule has 2 aliphatic heterocycles. The van der Waals surface area contributed by atoms with Crippen molar-refractivity contribution in [2.45, 2.75) is 25.6 Å². The number of benzene rings is 2. The zero-order valence-corrected chi connectivity index (χ0v) is 18.3. The Morgan fingerprint density at radius 2 is 1.91 bits per heavy atom. The van der Waals surface area contributed by atoms with E-state index in [9.17, 15) is 14.4 Å². The van der Waals surface area contributed by atoms with E-state index in [0.29, 0.717) is 23.7 Å². The van der Waals surface area contributed by atoms with E-state index in [1.807, 2.05) is 12.1 Å². The number of hydrogen-bond acceptors (Lipinski definition) is 7. The molecule has 2 aromatic carbocycles. The zero-order valence-electron chi connectivity index (χ0n) is 18.3. The number of aromatic nitrogens is 1. The molecule has 8 nitrogen and oxygen atoms in total. The Labute approximate surface area is 196 Å². The van der Waals surface area contributed by atoms with Gasteiger partial charge in [-0.2, -0.15) is 0 Å². The number of carbonyl (C=O) groups excluding carboxylic acids is 3. The third kappa shape index (κ3) is 4.40. The molecule has 1 atom stereocenters.